The fourth-order valence-corrected chi connectivity index (χ4v) is 0.780. The second-order valence-corrected chi connectivity index (χ2v) is 2.44. The Morgan fingerprint density at radius 3 is 2.00 bits per heavy atom. The summed E-state index contributed by atoms with van der Waals surface area (Å²) in [6, 6.07) is 0. The van der Waals surface area contributed by atoms with E-state index in [1.807, 2.05) is 0 Å². The van der Waals surface area contributed by atoms with Gasteiger partial charge in [0.15, 0.2) is 0 Å². The minimum Gasteiger partial charge on any atom is -0.378 e. The quantitative estimate of drug-likeness (QED) is 0.509. The van der Waals surface area contributed by atoms with Crippen LogP contribution in [0.2, 0.25) is 0 Å². The molecule has 1 nitrogen and oxygen atoms in total. The van der Waals surface area contributed by atoms with E-state index in [1.165, 1.54) is 6.42 Å². The molecule has 1 rings (SSSR count). The molecule has 0 saturated carbocycles. The lowest BCUT2D eigenvalue weighted by atomic mass is 10.0. The van der Waals surface area contributed by atoms with Crippen LogP contribution in [0.15, 0.2) is 0 Å². The average Bonchev–Trinajstić information content (AvgIpc) is 1.23. The SMILES string of the molecule is C.CC(C)C1CCO1. The molecule has 0 N–H and O–H groups in total. The molecule has 0 bridgehead atoms. The fourth-order valence-electron chi connectivity index (χ4n) is 0.780. The van der Waals surface area contributed by atoms with Crippen LogP contribution in [0.3, 0.4) is 0 Å². The summed E-state index contributed by atoms with van der Waals surface area (Å²) in [7, 11) is 0. The smallest absolute Gasteiger partial charge is 0.0619 e. The highest BCUT2D eigenvalue weighted by Gasteiger charge is 2.20. The Morgan fingerprint density at radius 2 is 2.00 bits per heavy atom. The summed E-state index contributed by atoms with van der Waals surface area (Å²) in [5.41, 5.74) is 0. The number of rotatable bonds is 1. The first-order valence-corrected chi connectivity index (χ1v) is 2.92. The summed E-state index contributed by atoms with van der Waals surface area (Å²) in [6.07, 6.45) is 1.86. The zero-order valence-electron chi connectivity index (χ0n) is 4.98. The third kappa shape index (κ3) is 1.48. The van der Waals surface area contributed by atoms with Gasteiger partial charge >= 0.3 is 0 Å². The standard InChI is InChI=1S/C6H12O.CH4/c1-5(2)6-3-4-7-6;/h5-6H,3-4H2,1-2H3;1H4. The molecule has 1 heterocycles. The second kappa shape index (κ2) is 3.08. The highest BCUT2D eigenvalue weighted by molar-refractivity contribution is 4.68. The lowest BCUT2D eigenvalue weighted by Crippen LogP contribution is -2.31. The van der Waals surface area contributed by atoms with Crippen molar-refractivity contribution in [3.63, 3.8) is 0 Å². The first-order chi connectivity index (χ1) is 3.30. The van der Waals surface area contributed by atoms with Crippen molar-refractivity contribution in [2.75, 3.05) is 6.61 Å². The van der Waals surface area contributed by atoms with Gasteiger partial charge in [0.2, 0.25) is 0 Å². The first-order valence-electron chi connectivity index (χ1n) is 2.92. The van der Waals surface area contributed by atoms with Crippen LogP contribution in [0, 0.1) is 5.92 Å². The van der Waals surface area contributed by atoms with Crippen LogP contribution in [0.4, 0.5) is 0 Å². The van der Waals surface area contributed by atoms with Gasteiger partial charge in [0.1, 0.15) is 0 Å². The maximum atomic E-state index is 5.19. The van der Waals surface area contributed by atoms with Gasteiger partial charge in [0.05, 0.1) is 6.10 Å². The van der Waals surface area contributed by atoms with Gasteiger partial charge in [-0.2, -0.15) is 0 Å². The van der Waals surface area contributed by atoms with Crippen LogP contribution in [-0.2, 0) is 4.74 Å². The molecule has 50 valence electrons. The van der Waals surface area contributed by atoms with E-state index in [-0.39, 0.29) is 7.43 Å². The summed E-state index contributed by atoms with van der Waals surface area (Å²) in [4.78, 5) is 0. The lowest BCUT2D eigenvalue weighted by Gasteiger charge is -2.29. The molecule has 1 aliphatic rings. The highest BCUT2D eigenvalue weighted by atomic mass is 16.5. The average molecular weight is 116 g/mol. The number of ether oxygens (including phenoxy) is 1. The van der Waals surface area contributed by atoms with E-state index < -0.39 is 0 Å². The topological polar surface area (TPSA) is 9.23 Å². The molecule has 1 saturated heterocycles. The lowest BCUT2D eigenvalue weighted by molar-refractivity contribution is -0.0763. The van der Waals surface area contributed by atoms with Crippen molar-refractivity contribution in [1.82, 2.24) is 0 Å². The van der Waals surface area contributed by atoms with Crippen molar-refractivity contribution in [3.8, 4) is 0 Å². The van der Waals surface area contributed by atoms with Crippen LogP contribution in [-0.4, -0.2) is 12.7 Å². The molecule has 0 aromatic heterocycles. The zero-order chi connectivity index (χ0) is 5.28. The van der Waals surface area contributed by atoms with Gasteiger partial charge in [0, 0.05) is 6.61 Å². The summed E-state index contributed by atoms with van der Waals surface area (Å²) >= 11 is 0. The predicted molar refractivity (Wildman–Crippen MR) is 35.9 cm³/mol. The Kier molecular flexibility index (Phi) is 3.06. The third-order valence-electron chi connectivity index (χ3n) is 1.48. The van der Waals surface area contributed by atoms with Crippen molar-refractivity contribution in [2.45, 2.75) is 33.8 Å². The Labute approximate surface area is 52.0 Å². The van der Waals surface area contributed by atoms with Crippen molar-refractivity contribution in [3.05, 3.63) is 0 Å². The summed E-state index contributed by atoms with van der Waals surface area (Å²) < 4.78 is 5.19. The predicted octanol–water partition coefficient (Wildman–Crippen LogP) is 2.07. The van der Waals surface area contributed by atoms with E-state index in [1.54, 1.807) is 0 Å². The van der Waals surface area contributed by atoms with Gasteiger partial charge in [-0.05, 0) is 12.3 Å². The molecule has 1 aliphatic heterocycles. The van der Waals surface area contributed by atoms with E-state index in [9.17, 15) is 0 Å². The number of hydrogen-bond acceptors (Lipinski definition) is 1. The maximum absolute atomic E-state index is 5.19. The summed E-state index contributed by atoms with van der Waals surface area (Å²) in [5.74, 6) is 0.730. The first kappa shape index (κ1) is 7.96. The van der Waals surface area contributed by atoms with Crippen LogP contribution in [0.25, 0.3) is 0 Å². The molecule has 1 heteroatoms. The molecule has 1 unspecified atom stereocenters. The van der Waals surface area contributed by atoms with E-state index in [0.717, 1.165) is 12.5 Å². The maximum Gasteiger partial charge on any atom is 0.0619 e. The van der Waals surface area contributed by atoms with Gasteiger partial charge in [-0.25, -0.2) is 0 Å². The van der Waals surface area contributed by atoms with E-state index in [4.69, 9.17) is 4.74 Å². The Bertz CT molecular complexity index is 55.4. The van der Waals surface area contributed by atoms with Gasteiger partial charge in [-0.15, -0.1) is 0 Å². The molecule has 0 amide bonds. The van der Waals surface area contributed by atoms with E-state index >= 15 is 0 Å². The Morgan fingerprint density at radius 1 is 1.50 bits per heavy atom. The normalized spacial score (nSPS) is 26.6. The van der Waals surface area contributed by atoms with Gasteiger partial charge in [-0.3, -0.25) is 0 Å². The summed E-state index contributed by atoms with van der Waals surface area (Å²) in [6.45, 7) is 5.39. The minimum atomic E-state index is 0. The molecule has 1 fully saturated rings. The molecule has 0 aromatic carbocycles. The summed E-state index contributed by atoms with van der Waals surface area (Å²) in [5, 5.41) is 0. The van der Waals surface area contributed by atoms with Crippen molar-refractivity contribution in [1.29, 1.82) is 0 Å². The monoisotopic (exact) mass is 116 g/mol. The number of hydrogen-bond donors (Lipinski definition) is 0. The van der Waals surface area contributed by atoms with Crippen molar-refractivity contribution >= 4 is 0 Å². The molecular formula is C7H16O. The Hall–Kier alpha value is -0.0400. The van der Waals surface area contributed by atoms with Crippen molar-refractivity contribution < 1.29 is 4.74 Å². The van der Waals surface area contributed by atoms with E-state index in [2.05, 4.69) is 13.8 Å². The zero-order valence-corrected chi connectivity index (χ0v) is 4.98. The molecular weight excluding hydrogens is 100 g/mol. The van der Waals surface area contributed by atoms with E-state index in [0.29, 0.717) is 6.10 Å². The molecule has 0 aromatic rings. The molecule has 8 heavy (non-hydrogen) atoms. The van der Waals surface area contributed by atoms with Gasteiger partial charge in [-0.1, -0.05) is 21.3 Å². The minimum absolute atomic E-state index is 0. The molecule has 0 radical (unpaired) electrons. The fraction of sp³-hybridized carbons (Fsp3) is 1.00. The largest absolute Gasteiger partial charge is 0.378 e. The molecule has 0 aliphatic carbocycles. The van der Waals surface area contributed by atoms with Crippen molar-refractivity contribution in [2.24, 2.45) is 5.92 Å². The van der Waals surface area contributed by atoms with Crippen LogP contribution >= 0.6 is 0 Å². The van der Waals surface area contributed by atoms with Gasteiger partial charge in [0.25, 0.3) is 0 Å². The van der Waals surface area contributed by atoms with Crippen LogP contribution in [0.1, 0.15) is 27.7 Å². The Balaban J connectivity index is 0.000000490. The highest BCUT2D eigenvalue weighted by Crippen LogP contribution is 2.18. The second-order valence-electron chi connectivity index (χ2n) is 2.44. The third-order valence-corrected chi connectivity index (χ3v) is 1.48. The molecule has 0 spiro atoms. The van der Waals surface area contributed by atoms with Gasteiger partial charge < -0.3 is 4.74 Å². The van der Waals surface area contributed by atoms with Crippen LogP contribution < -0.4 is 0 Å². The molecule has 1 atom stereocenters. The van der Waals surface area contributed by atoms with Crippen LogP contribution in [0.5, 0.6) is 0 Å².